The number of nitrogens with one attached hydrogen (secondary N) is 1. The lowest BCUT2D eigenvalue weighted by Crippen LogP contribution is -2.32. The molecule has 0 aromatic rings. The highest BCUT2D eigenvalue weighted by Crippen LogP contribution is 2.22. The Morgan fingerprint density at radius 1 is 1.28 bits per heavy atom. The zero-order valence-electron chi connectivity index (χ0n) is 12.0. The minimum absolute atomic E-state index is 0.202. The molecule has 4 nitrogen and oxygen atoms in total. The molecule has 108 valence electrons. The molecule has 0 saturated carbocycles. The Morgan fingerprint density at radius 3 is 2.56 bits per heavy atom. The van der Waals surface area contributed by atoms with Gasteiger partial charge in [-0.2, -0.15) is 11.8 Å². The van der Waals surface area contributed by atoms with Crippen LogP contribution in [0.5, 0.6) is 0 Å². The van der Waals surface area contributed by atoms with Crippen molar-refractivity contribution >= 4 is 17.6 Å². The smallest absolute Gasteiger partial charge is 0.144 e. The Balaban J connectivity index is 3.40. The third-order valence-corrected chi connectivity index (χ3v) is 4.04. The third kappa shape index (κ3) is 8.64. The van der Waals surface area contributed by atoms with E-state index in [0.29, 0.717) is 5.84 Å². The van der Waals surface area contributed by atoms with Gasteiger partial charge >= 0.3 is 0 Å². The number of hydrogen-bond donors (Lipinski definition) is 3. The molecule has 0 aliphatic heterocycles. The largest absolute Gasteiger partial charge is 0.409 e. The zero-order chi connectivity index (χ0) is 13.9. The molecule has 0 aromatic carbocycles. The molecule has 0 saturated heterocycles. The molecule has 18 heavy (non-hydrogen) atoms. The molecular formula is C13H29N3OS. The highest BCUT2D eigenvalue weighted by Gasteiger charge is 2.22. The van der Waals surface area contributed by atoms with Gasteiger partial charge < -0.3 is 16.3 Å². The van der Waals surface area contributed by atoms with Crippen molar-refractivity contribution < 1.29 is 5.21 Å². The lowest BCUT2D eigenvalue weighted by atomic mass is 9.86. The fourth-order valence-corrected chi connectivity index (χ4v) is 2.29. The SMILES string of the molecule is CCSCCCNCCCCC(C)(C)C(N)=NO. The van der Waals surface area contributed by atoms with Crippen molar-refractivity contribution in [2.45, 2.75) is 46.5 Å². The number of rotatable bonds is 11. The first-order valence-corrected chi connectivity index (χ1v) is 7.96. The lowest BCUT2D eigenvalue weighted by molar-refractivity contribution is 0.304. The summed E-state index contributed by atoms with van der Waals surface area (Å²) in [5.41, 5.74) is 5.44. The minimum atomic E-state index is -0.202. The van der Waals surface area contributed by atoms with Crippen molar-refractivity contribution in [3.63, 3.8) is 0 Å². The summed E-state index contributed by atoms with van der Waals surface area (Å²) >= 11 is 1.99. The van der Waals surface area contributed by atoms with E-state index in [-0.39, 0.29) is 5.41 Å². The maximum Gasteiger partial charge on any atom is 0.144 e. The molecule has 0 bridgehead atoms. The van der Waals surface area contributed by atoms with Crippen LogP contribution >= 0.6 is 11.8 Å². The molecule has 0 amide bonds. The molecule has 0 aliphatic rings. The maximum absolute atomic E-state index is 8.66. The van der Waals surface area contributed by atoms with Crippen LogP contribution in [0.1, 0.15) is 46.5 Å². The number of amidine groups is 1. The van der Waals surface area contributed by atoms with Gasteiger partial charge in [-0.3, -0.25) is 0 Å². The first kappa shape index (κ1) is 17.6. The van der Waals surface area contributed by atoms with Crippen molar-refractivity contribution in [2.75, 3.05) is 24.6 Å². The Hall–Kier alpha value is -0.420. The molecule has 0 unspecified atom stereocenters. The second kappa shape index (κ2) is 10.5. The Morgan fingerprint density at radius 2 is 1.94 bits per heavy atom. The molecule has 4 N–H and O–H groups in total. The number of thioether (sulfide) groups is 1. The summed E-state index contributed by atoms with van der Waals surface area (Å²) in [6, 6.07) is 0. The fourth-order valence-electron chi connectivity index (χ4n) is 1.65. The number of unbranched alkanes of at least 4 members (excludes halogenated alkanes) is 1. The third-order valence-electron chi connectivity index (χ3n) is 3.05. The zero-order valence-corrected chi connectivity index (χ0v) is 12.9. The number of nitrogens with zero attached hydrogens (tertiary/aromatic N) is 1. The first-order valence-electron chi connectivity index (χ1n) is 6.81. The normalized spacial score (nSPS) is 12.9. The quantitative estimate of drug-likeness (QED) is 0.178. The second-order valence-electron chi connectivity index (χ2n) is 5.13. The van der Waals surface area contributed by atoms with E-state index >= 15 is 0 Å². The van der Waals surface area contributed by atoms with E-state index in [9.17, 15) is 0 Å². The Kier molecular flexibility index (Phi) is 10.3. The van der Waals surface area contributed by atoms with E-state index < -0.39 is 0 Å². The van der Waals surface area contributed by atoms with Crippen LogP contribution in [-0.4, -0.2) is 35.6 Å². The standard InChI is InChI=1S/C13H29N3OS/c1-4-18-11-7-10-15-9-6-5-8-13(2,3)12(14)16-17/h15,17H,4-11H2,1-3H3,(H2,14,16). The molecular weight excluding hydrogens is 246 g/mol. The van der Waals surface area contributed by atoms with Crippen LogP contribution in [0, 0.1) is 5.41 Å². The summed E-state index contributed by atoms with van der Waals surface area (Å²) in [7, 11) is 0. The first-order chi connectivity index (χ1) is 8.54. The van der Waals surface area contributed by atoms with Crippen molar-refractivity contribution in [3.8, 4) is 0 Å². The van der Waals surface area contributed by atoms with Gasteiger partial charge in [0.15, 0.2) is 0 Å². The van der Waals surface area contributed by atoms with E-state index in [1.807, 2.05) is 25.6 Å². The summed E-state index contributed by atoms with van der Waals surface area (Å²) in [6.45, 7) is 8.38. The fraction of sp³-hybridized carbons (Fsp3) is 0.923. The molecule has 0 atom stereocenters. The predicted molar refractivity (Wildman–Crippen MR) is 81.5 cm³/mol. The van der Waals surface area contributed by atoms with Gasteiger partial charge in [0.2, 0.25) is 0 Å². The van der Waals surface area contributed by atoms with E-state index in [2.05, 4.69) is 17.4 Å². The molecule has 0 aliphatic carbocycles. The number of hydrogen-bond acceptors (Lipinski definition) is 4. The monoisotopic (exact) mass is 275 g/mol. The summed E-state index contributed by atoms with van der Waals surface area (Å²) in [5, 5.41) is 15.2. The molecule has 0 spiro atoms. The van der Waals surface area contributed by atoms with Crippen LogP contribution < -0.4 is 11.1 Å². The van der Waals surface area contributed by atoms with Gasteiger partial charge in [0.25, 0.3) is 0 Å². The average molecular weight is 275 g/mol. The van der Waals surface area contributed by atoms with E-state index in [1.165, 1.54) is 17.9 Å². The highest BCUT2D eigenvalue weighted by atomic mass is 32.2. The maximum atomic E-state index is 8.66. The molecule has 0 fully saturated rings. The lowest BCUT2D eigenvalue weighted by Gasteiger charge is -2.22. The molecule has 0 rings (SSSR count). The summed E-state index contributed by atoms with van der Waals surface area (Å²) in [4.78, 5) is 0. The van der Waals surface area contributed by atoms with Crippen LogP contribution in [0.15, 0.2) is 5.16 Å². The predicted octanol–water partition coefficient (Wildman–Crippen LogP) is 2.66. The summed E-state index contributed by atoms with van der Waals surface area (Å²) in [6.07, 6.45) is 4.44. The molecule has 0 aromatic heterocycles. The van der Waals surface area contributed by atoms with Crippen LogP contribution in [0.3, 0.4) is 0 Å². The van der Waals surface area contributed by atoms with Gasteiger partial charge in [-0.05, 0) is 43.9 Å². The van der Waals surface area contributed by atoms with Crippen LogP contribution in [-0.2, 0) is 0 Å². The van der Waals surface area contributed by atoms with E-state index in [1.54, 1.807) is 0 Å². The van der Waals surface area contributed by atoms with Crippen molar-refractivity contribution in [1.29, 1.82) is 0 Å². The van der Waals surface area contributed by atoms with Crippen LogP contribution in [0.25, 0.3) is 0 Å². The van der Waals surface area contributed by atoms with E-state index in [4.69, 9.17) is 10.9 Å². The highest BCUT2D eigenvalue weighted by molar-refractivity contribution is 7.99. The Bertz CT molecular complexity index is 232. The van der Waals surface area contributed by atoms with Crippen molar-refractivity contribution in [3.05, 3.63) is 0 Å². The molecule has 0 radical (unpaired) electrons. The Labute approximate surface area is 116 Å². The number of nitrogens with two attached hydrogens (primary N) is 1. The second-order valence-corrected chi connectivity index (χ2v) is 6.52. The topological polar surface area (TPSA) is 70.6 Å². The van der Waals surface area contributed by atoms with Gasteiger partial charge in [0, 0.05) is 5.41 Å². The van der Waals surface area contributed by atoms with Crippen molar-refractivity contribution in [1.82, 2.24) is 5.32 Å². The van der Waals surface area contributed by atoms with Crippen LogP contribution in [0.2, 0.25) is 0 Å². The summed E-state index contributed by atoms with van der Waals surface area (Å²) < 4.78 is 0. The molecule has 0 heterocycles. The van der Waals surface area contributed by atoms with Crippen molar-refractivity contribution in [2.24, 2.45) is 16.3 Å². The summed E-state index contributed by atoms with van der Waals surface area (Å²) in [5.74, 6) is 2.79. The van der Waals surface area contributed by atoms with Crippen LogP contribution in [0.4, 0.5) is 0 Å². The van der Waals surface area contributed by atoms with E-state index in [0.717, 1.165) is 32.4 Å². The van der Waals surface area contributed by atoms with Gasteiger partial charge in [0.1, 0.15) is 5.84 Å². The minimum Gasteiger partial charge on any atom is -0.409 e. The molecule has 5 heteroatoms. The average Bonchev–Trinajstić information content (AvgIpc) is 2.35. The van der Waals surface area contributed by atoms with Gasteiger partial charge in [0.05, 0.1) is 0 Å². The van der Waals surface area contributed by atoms with Gasteiger partial charge in [-0.15, -0.1) is 0 Å². The van der Waals surface area contributed by atoms with Gasteiger partial charge in [-0.1, -0.05) is 32.3 Å². The number of oxime groups is 1. The van der Waals surface area contributed by atoms with Gasteiger partial charge in [-0.25, -0.2) is 0 Å².